The van der Waals surface area contributed by atoms with Crippen LogP contribution in [0.15, 0.2) is 83.3 Å². The van der Waals surface area contributed by atoms with Gasteiger partial charge in [0.2, 0.25) is 0 Å². The van der Waals surface area contributed by atoms with Crippen molar-refractivity contribution in [3.8, 4) is 17.6 Å². The average Bonchev–Trinajstić information content (AvgIpc) is 2.82. The van der Waals surface area contributed by atoms with Crippen LogP contribution in [0.2, 0.25) is 0 Å². The first kappa shape index (κ1) is 21.6. The molecule has 4 aromatic rings. The van der Waals surface area contributed by atoms with E-state index in [-0.39, 0.29) is 0 Å². The molecular formula is C27H19BrFNO2. The number of rotatable bonds is 6. The third-order valence-corrected chi connectivity index (χ3v) is 5.79. The van der Waals surface area contributed by atoms with Crippen LogP contribution < -0.4 is 9.47 Å². The zero-order valence-electron chi connectivity index (χ0n) is 17.3. The zero-order chi connectivity index (χ0) is 22.5. The van der Waals surface area contributed by atoms with Crippen molar-refractivity contribution in [2.24, 2.45) is 0 Å². The molecule has 0 aliphatic heterocycles. The summed E-state index contributed by atoms with van der Waals surface area (Å²) in [6, 6.07) is 26.0. The van der Waals surface area contributed by atoms with E-state index in [0.717, 1.165) is 26.4 Å². The second-order valence-electron chi connectivity index (χ2n) is 7.13. The van der Waals surface area contributed by atoms with Crippen LogP contribution in [-0.4, -0.2) is 7.11 Å². The van der Waals surface area contributed by atoms with E-state index in [1.165, 1.54) is 12.1 Å². The summed E-state index contributed by atoms with van der Waals surface area (Å²) < 4.78 is 26.0. The largest absolute Gasteiger partial charge is 0.493 e. The van der Waals surface area contributed by atoms with Crippen molar-refractivity contribution in [3.63, 3.8) is 0 Å². The normalized spacial score (nSPS) is 11.2. The van der Waals surface area contributed by atoms with Gasteiger partial charge < -0.3 is 9.47 Å². The lowest BCUT2D eigenvalue weighted by molar-refractivity contribution is 0.285. The Morgan fingerprint density at radius 3 is 2.56 bits per heavy atom. The fourth-order valence-corrected chi connectivity index (χ4v) is 3.94. The number of nitriles is 1. The van der Waals surface area contributed by atoms with Gasteiger partial charge in [-0.3, -0.25) is 0 Å². The molecule has 0 aliphatic carbocycles. The van der Waals surface area contributed by atoms with Gasteiger partial charge in [-0.2, -0.15) is 5.26 Å². The van der Waals surface area contributed by atoms with Crippen molar-refractivity contribution in [3.05, 3.63) is 106 Å². The van der Waals surface area contributed by atoms with E-state index in [1.807, 2.05) is 30.3 Å². The van der Waals surface area contributed by atoms with Crippen LogP contribution in [0.5, 0.6) is 11.5 Å². The fourth-order valence-electron chi connectivity index (χ4n) is 3.50. The molecule has 0 saturated heterocycles. The minimum atomic E-state index is -0.391. The van der Waals surface area contributed by atoms with Crippen LogP contribution in [0.3, 0.4) is 0 Å². The van der Waals surface area contributed by atoms with E-state index in [1.54, 1.807) is 31.4 Å². The Bertz CT molecular complexity index is 1350. The molecule has 0 spiro atoms. The molecule has 0 bridgehead atoms. The highest BCUT2D eigenvalue weighted by Gasteiger charge is 2.12. The third kappa shape index (κ3) is 4.66. The average molecular weight is 488 g/mol. The van der Waals surface area contributed by atoms with Gasteiger partial charge in [0.05, 0.1) is 18.8 Å². The molecule has 0 unspecified atom stereocenters. The zero-order valence-corrected chi connectivity index (χ0v) is 18.9. The van der Waals surface area contributed by atoms with Gasteiger partial charge in [-0.25, -0.2) is 4.39 Å². The number of halogens is 2. The molecule has 0 atom stereocenters. The van der Waals surface area contributed by atoms with E-state index in [9.17, 15) is 9.65 Å². The number of hydrogen-bond donors (Lipinski definition) is 0. The first-order valence-corrected chi connectivity index (χ1v) is 10.7. The van der Waals surface area contributed by atoms with E-state index >= 15 is 0 Å². The topological polar surface area (TPSA) is 42.2 Å². The van der Waals surface area contributed by atoms with Crippen LogP contribution in [0.4, 0.5) is 4.39 Å². The van der Waals surface area contributed by atoms with Crippen LogP contribution in [-0.2, 0) is 6.61 Å². The van der Waals surface area contributed by atoms with Gasteiger partial charge in [-0.05, 0) is 57.8 Å². The monoisotopic (exact) mass is 487 g/mol. The standard InChI is InChI=1S/C27H19BrFNO2/c1-31-26-14-21(12-22(16-30)19-8-5-10-23(29)13-19)25(28)15-27(26)32-17-20-9-4-7-18-6-2-3-11-24(18)20/h2-15H,17H2,1H3/b22-12-. The Morgan fingerprint density at radius 2 is 1.78 bits per heavy atom. The van der Waals surface area contributed by atoms with Crippen LogP contribution in [0.25, 0.3) is 22.4 Å². The summed E-state index contributed by atoms with van der Waals surface area (Å²) in [6.07, 6.45) is 1.69. The smallest absolute Gasteiger partial charge is 0.162 e. The number of methoxy groups -OCH3 is 1. The highest BCUT2D eigenvalue weighted by atomic mass is 79.9. The summed E-state index contributed by atoms with van der Waals surface area (Å²) in [5.41, 5.74) is 2.65. The Labute approximate surface area is 194 Å². The number of allylic oxidation sites excluding steroid dienone is 1. The molecule has 5 heteroatoms. The fraction of sp³-hybridized carbons (Fsp3) is 0.0741. The molecular weight excluding hydrogens is 469 g/mol. The van der Waals surface area contributed by atoms with Gasteiger partial charge >= 0.3 is 0 Å². The van der Waals surface area contributed by atoms with Crippen molar-refractivity contribution in [2.75, 3.05) is 7.11 Å². The minimum absolute atomic E-state index is 0.344. The summed E-state index contributed by atoms with van der Waals surface area (Å²) >= 11 is 3.56. The van der Waals surface area contributed by atoms with Gasteiger partial charge in [0.25, 0.3) is 0 Å². The lowest BCUT2D eigenvalue weighted by atomic mass is 10.0. The number of ether oxygens (including phenoxy) is 2. The molecule has 0 radical (unpaired) electrons. The quantitative estimate of drug-likeness (QED) is 0.210. The maximum Gasteiger partial charge on any atom is 0.162 e. The van der Waals surface area contributed by atoms with Crippen molar-refractivity contribution < 1.29 is 13.9 Å². The van der Waals surface area contributed by atoms with Crippen molar-refractivity contribution in [1.29, 1.82) is 5.26 Å². The SMILES string of the molecule is COc1cc(/C=C(/C#N)c2cccc(F)c2)c(Br)cc1OCc1cccc2ccccc12. The van der Waals surface area contributed by atoms with Crippen LogP contribution >= 0.6 is 15.9 Å². The van der Waals surface area contributed by atoms with Gasteiger partial charge in [-0.15, -0.1) is 0 Å². The highest BCUT2D eigenvalue weighted by molar-refractivity contribution is 9.10. The molecule has 4 rings (SSSR count). The molecule has 0 heterocycles. The maximum atomic E-state index is 13.6. The maximum absolute atomic E-state index is 13.6. The van der Waals surface area contributed by atoms with Gasteiger partial charge in [0.1, 0.15) is 12.4 Å². The van der Waals surface area contributed by atoms with Gasteiger partial charge in [0, 0.05) is 4.47 Å². The summed E-state index contributed by atoms with van der Waals surface area (Å²) in [5, 5.41) is 11.9. The predicted octanol–water partition coefficient (Wildman–Crippen LogP) is 7.39. The van der Waals surface area contributed by atoms with Crippen LogP contribution in [0.1, 0.15) is 16.7 Å². The number of fused-ring (bicyclic) bond motifs is 1. The molecule has 0 fully saturated rings. The van der Waals surface area contributed by atoms with E-state index in [4.69, 9.17) is 9.47 Å². The highest BCUT2D eigenvalue weighted by Crippen LogP contribution is 2.36. The summed E-state index contributed by atoms with van der Waals surface area (Å²) in [6.45, 7) is 0.381. The molecule has 3 nitrogen and oxygen atoms in total. The van der Waals surface area contributed by atoms with Crippen molar-refractivity contribution >= 4 is 38.4 Å². The van der Waals surface area contributed by atoms with Crippen molar-refractivity contribution in [2.45, 2.75) is 6.61 Å². The first-order chi connectivity index (χ1) is 15.6. The molecule has 0 aliphatic rings. The first-order valence-electron chi connectivity index (χ1n) is 9.94. The molecule has 0 saturated carbocycles. The lowest BCUT2D eigenvalue weighted by Crippen LogP contribution is -1.99. The molecule has 0 N–H and O–H groups in total. The molecule has 0 amide bonds. The third-order valence-electron chi connectivity index (χ3n) is 5.10. The Balaban J connectivity index is 1.64. The van der Waals surface area contributed by atoms with E-state index in [0.29, 0.717) is 29.2 Å². The van der Waals surface area contributed by atoms with E-state index < -0.39 is 5.82 Å². The Morgan fingerprint density at radius 1 is 1.00 bits per heavy atom. The summed E-state index contributed by atoms with van der Waals surface area (Å²) in [5.74, 6) is 0.724. The molecule has 4 aromatic carbocycles. The van der Waals surface area contributed by atoms with Crippen molar-refractivity contribution in [1.82, 2.24) is 0 Å². The molecule has 32 heavy (non-hydrogen) atoms. The predicted molar refractivity (Wildman–Crippen MR) is 129 cm³/mol. The summed E-state index contributed by atoms with van der Waals surface area (Å²) in [7, 11) is 1.57. The number of benzene rings is 4. The van der Waals surface area contributed by atoms with Crippen LogP contribution in [0, 0.1) is 17.1 Å². The second kappa shape index (κ2) is 9.67. The number of nitrogens with zero attached hydrogens (tertiary/aromatic N) is 1. The minimum Gasteiger partial charge on any atom is -0.493 e. The second-order valence-corrected chi connectivity index (χ2v) is 7.99. The Hall–Kier alpha value is -3.62. The number of hydrogen-bond acceptors (Lipinski definition) is 3. The van der Waals surface area contributed by atoms with Gasteiger partial charge in [-0.1, -0.05) is 70.5 Å². The van der Waals surface area contributed by atoms with Gasteiger partial charge in [0.15, 0.2) is 11.5 Å². The molecule has 0 aromatic heterocycles. The molecule has 158 valence electrons. The Kier molecular flexibility index (Phi) is 6.53. The lowest BCUT2D eigenvalue weighted by Gasteiger charge is -2.14. The van der Waals surface area contributed by atoms with E-state index in [2.05, 4.69) is 40.2 Å². The summed E-state index contributed by atoms with van der Waals surface area (Å²) in [4.78, 5) is 0.